The molecule has 0 aliphatic heterocycles. The van der Waals surface area contributed by atoms with E-state index in [2.05, 4.69) is 9.69 Å². The van der Waals surface area contributed by atoms with Gasteiger partial charge in [-0.15, -0.1) is 0 Å². The van der Waals surface area contributed by atoms with Crippen LogP contribution in [0.2, 0.25) is 0 Å². The summed E-state index contributed by atoms with van der Waals surface area (Å²) in [5, 5.41) is 12.8. The van der Waals surface area contributed by atoms with Gasteiger partial charge >= 0.3 is 5.97 Å². The standard InChI is InChI=1S/C14H16N2O4S/c1-8-12(14(17)18)13(21-16-8)15-7-9-4-5-10(19-2)11(6-9)20-3/h4-6,15H,7H2,1-3H3,(H,17,18). The quantitative estimate of drug-likeness (QED) is 0.854. The Hall–Kier alpha value is -2.28. The van der Waals surface area contributed by atoms with Crippen LogP contribution in [0, 0.1) is 6.92 Å². The van der Waals surface area contributed by atoms with Gasteiger partial charge in [0.05, 0.1) is 19.9 Å². The van der Waals surface area contributed by atoms with Crippen LogP contribution >= 0.6 is 11.5 Å². The average molecular weight is 308 g/mol. The van der Waals surface area contributed by atoms with Crippen molar-refractivity contribution in [3.05, 3.63) is 35.0 Å². The third kappa shape index (κ3) is 3.25. The predicted molar refractivity (Wildman–Crippen MR) is 80.7 cm³/mol. The van der Waals surface area contributed by atoms with E-state index in [9.17, 15) is 9.90 Å². The van der Waals surface area contributed by atoms with Crippen LogP contribution in [0.15, 0.2) is 18.2 Å². The fourth-order valence-corrected chi connectivity index (χ4v) is 2.70. The highest BCUT2D eigenvalue weighted by molar-refractivity contribution is 7.10. The number of hydrogen-bond acceptors (Lipinski definition) is 6. The largest absolute Gasteiger partial charge is 0.493 e. The first-order chi connectivity index (χ1) is 10.1. The lowest BCUT2D eigenvalue weighted by Crippen LogP contribution is -2.05. The Morgan fingerprint density at radius 1 is 1.33 bits per heavy atom. The van der Waals surface area contributed by atoms with E-state index in [0.29, 0.717) is 28.7 Å². The van der Waals surface area contributed by atoms with Crippen LogP contribution in [0.3, 0.4) is 0 Å². The second-order valence-electron chi connectivity index (χ2n) is 4.32. The number of nitrogens with one attached hydrogen (secondary N) is 1. The van der Waals surface area contributed by atoms with Crippen LogP contribution in [0.4, 0.5) is 5.00 Å². The summed E-state index contributed by atoms with van der Waals surface area (Å²) in [6.45, 7) is 2.16. The van der Waals surface area contributed by atoms with Gasteiger partial charge < -0.3 is 19.9 Å². The zero-order chi connectivity index (χ0) is 15.4. The van der Waals surface area contributed by atoms with Crippen molar-refractivity contribution in [2.45, 2.75) is 13.5 Å². The molecule has 2 rings (SSSR count). The maximum absolute atomic E-state index is 11.2. The molecule has 0 aliphatic carbocycles. The summed E-state index contributed by atoms with van der Waals surface area (Å²) in [6, 6.07) is 5.55. The molecule has 0 bridgehead atoms. The summed E-state index contributed by atoms with van der Waals surface area (Å²) in [7, 11) is 3.15. The van der Waals surface area contributed by atoms with Crippen molar-refractivity contribution >= 4 is 22.5 Å². The van der Waals surface area contributed by atoms with Crippen LogP contribution < -0.4 is 14.8 Å². The van der Waals surface area contributed by atoms with Crippen molar-refractivity contribution in [3.63, 3.8) is 0 Å². The summed E-state index contributed by atoms with van der Waals surface area (Å²) in [5.74, 6) is 0.313. The lowest BCUT2D eigenvalue weighted by molar-refractivity contribution is 0.0697. The molecule has 2 aromatic rings. The summed E-state index contributed by atoms with van der Waals surface area (Å²) < 4.78 is 14.5. The molecule has 0 fully saturated rings. The first-order valence-electron chi connectivity index (χ1n) is 6.21. The molecule has 7 heteroatoms. The zero-order valence-corrected chi connectivity index (χ0v) is 12.8. The molecule has 0 spiro atoms. The predicted octanol–water partition coefficient (Wildman–Crippen LogP) is 2.78. The molecule has 1 aromatic carbocycles. The van der Waals surface area contributed by atoms with Gasteiger partial charge in [-0.2, -0.15) is 4.37 Å². The topological polar surface area (TPSA) is 80.7 Å². The molecule has 1 heterocycles. The number of aromatic nitrogens is 1. The van der Waals surface area contributed by atoms with Gasteiger partial charge in [-0.1, -0.05) is 6.07 Å². The fourth-order valence-electron chi connectivity index (χ4n) is 1.92. The molecular weight excluding hydrogens is 292 g/mol. The molecule has 1 aromatic heterocycles. The Balaban J connectivity index is 2.15. The molecule has 6 nitrogen and oxygen atoms in total. The summed E-state index contributed by atoms with van der Waals surface area (Å²) in [5.41, 5.74) is 1.69. The SMILES string of the molecule is COc1ccc(CNc2snc(C)c2C(=O)O)cc1OC. The Morgan fingerprint density at radius 2 is 2.05 bits per heavy atom. The number of ether oxygens (including phenoxy) is 2. The minimum absolute atomic E-state index is 0.223. The molecule has 2 N–H and O–H groups in total. The lowest BCUT2D eigenvalue weighted by atomic mass is 10.2. The van der Waals surface area contributed by atoms with Crippen LogP contribution in [-0.4, -0.2) is 29.7 Å². The van der Waals surface area contributed by atoms with E-state index in [0.717, 1.165) is 17.1 Å². The Kier molecular flexibility index (Phi) is 4.64. The van der Waals surface area contributed by atoms with Crippen molar-refractivity contribution in [2.75, 3.05) is 19.5 Å². The zero-order valence-electron chi connectivity index (χ0n) is 12.0. The van der Waals surface area contributed by atoms with Gasteiger partial charge in [-0.3, -0.25) is 0 Å². The Labute approximate surface area is 126 Å². The minimum atomic E-state index is -0.976. The Bertz CT molecular complexity index is 654. The first kappa shape index (κ1) is 15.1. The first-order valence-corrected chi connectivity index (χ1v) is 6.98. The molecule has 0 radical (unpaired) electrons. The molecule has 0 atom stereocenters. The van der Waals surface area contributed by atoms with Crippen molar-refractivity contribution in [3.8, 4) is 11.5 Å². The highest BCUT2D eigenvalue weighted by atomic mass is 32.1. The highest BCUT2D eigenvalue weighted by Gasteiger charge is 2.17. The van der Waals surface area contributed by atoms with Crippen LogP contribution in [0.5, 0.6) is 11.5 Å². The van der Waals surface area contributed by atoms with E-state index < -0.39 is 5.97 Å². The summed E-state index contributed by atoms with van der Waals surface area (Å²) >= 11 is 1.14. The molecule has 21 heavy (non-hydrogen) atoms. The maximum Gasteiger partial charge on any atom is 0.340 e. The monoisotopic (exact) mass is 308 g/mol. The van der Waals surface area contributed by atoms with Crippen molar-refractivity contribution in [1.29, 1.82) is 0 Å². The maximum atomic E-state index is 11.2. The Morgan fingerprint density at radius 3 is 2.67 bits per heavy atom. The van der Waals surface area contributed by atoms with E-state index in [1.807, 2.05) is 18.2 Å². The molecular formula is C14H16N2O4S. The van der Waals surface area contributed by atoms with Crippen LogP contribution in [-0.2, 0) is 6.54 Å². The summed E-state index contributed by atoms with van der Waals surface area (Å²) in [4.78, 5) is 11.2. The van der Waals surface area contributed by atoms with Gasteiger partial charge in [-0.05, 0) is 36.2 Å². The lowest BCUT2D eigenvalue weighted by Gasteiger charge is -2.10. The van der Waals surface area contributed by atoms with E-state index in [1.165, 1.54) is 0 Å². The van der Waals surface area contributed by atoms with E-state index in [4.69, 9.17) is 9.47 Å². The van der Waals surface area contributed by atoms with Gasteiger partial charge in [-0.25, -0.2) is 4.79 Å². The number of aromatic carboxylic acids is 1. The third-order valence-electron chi connectivity index (χ3n) is 2.98. The third-order valence-corrected chi connectivity index (χ3v) is 3.87. The molecule has 112 valence electrons. The average Bonchev–Trinajstić information content (AvgIpc) is 2.85. The smallest absolute Gasteiger partial charge is 0.340 e. The number of nitrogens with zero attached hydrogens (tertiary/aromatic N) is 1. The number of rotatable bonds is 6. The van der Waals surface area contributed by atoms with E-state index >= 15 is 0 Å². The van der Waals surface area contributed by atoms with Gasteiger partial charge in [0.1, 0.15) is 10.6 Å². The number of anilines is 1. The number of benzene rings is 1. The number of hydrogen-bond donors (Lipinski definition) is 2. The van der Waals surface area contributed by atoms with Crippen molar-refractivity contribution in [2.24, 2.45) is 0 Å². The highest BCUT2D eigenvalue weighted by Crippen LogP contribution is 2.29. The molecule has 0 saturated carbocycles. The van der Waals surface area contributed by atoms with Gasteiger partial charge in [0.15, 0.2) is 11.5 Å². The molecule has 0 saturated heterocycles. The van der Waals surface area contributed by atoms with Crippen LogP contribution in [0.25, 0.3) is 0 Å². The fraction of sp³-hybridized carbons (Fsp3) is 0.286. The van der Waals surface area contributed by atoms with Gasteiger partial charge in [0.25, 0.3) is 0 Å². The van der Waals surface area contributed by atoms with E-state index in [-0.39, 0.29) is 5.56 Å². The number of carbonyl (C=O) groups is 1. The van der Waals surface area contributed by atoms with Gasteiger partial charge in [0, 0.05) is 6.54 Å². The molecule has 0 amide bonds. The van der Waals surface area contributed by atoms with Gasteiger partial charge in [0.2, 0.25) is 0 Å². The van der Waals surface area contributed by atoms with E-state index in [1.54, 1.807) is 21.1 Å². The molecule has 0 aliphatic rings. The number of carboxylic acid groups (broad SMARTS) is 1. The number of methoxy groups -OCH3 is 2. The van der Waals surface area contributed by atoms with Crippen molar-refractivity contribution < 1.29 is 19.4 Å². The summed E-state index contributed by atoms with van der Waals surface area (Å²) in [6.07, 6.45) is 0. The second kappa shape index (κ2) is 6.45. The second-order valence-corrected chi connectivity index (χ2v) is 5.09. The van der Waals surface area contributed by atoms with Crippen LogP contribution in [0.1, 0.15) is 21.6 Å². The van der Waals surface area contributed by atoms with Crippen molar-refractivity contribution in [1.82, 2.24) is 4.37 Å². The molecule has 0 unspecified atom stereocenters. The minimum Gasteiger partial charge on any atom is -0.493 e. The normalized spacial score (nSPS) is 10.2. The number of carboxylic acids is 1. The number of aryl methyl sites for hydroxylation is 1.